The van der Waals surface area contributed by atoms with Gasteiger partial charge in [-0.1, -0.05) is 12.1 Å². The maximum absolute atomic E-state index is 12.0. The van der Waals surface area contributed by atoms with Crippen LogP contribution in [-0.4, -0.2) is 29.1 Å². The number of rotatable bonds is 4. The number of hydrogen-bond acceptors (Lipinski definition) is 4. The van der Waals surface area contributed by atoms with Gasteiger partial charge >= 0.3 is 0 Å². The van der Waals surface area contributed by atoms with Crippen LogP contribution in [0.3, 0.4) is 0 Å². The van der Waals surface area contributed by atoms with Crippen LogP contribution in [0, 0.1) is 19.8 Å². The molecule has 0 bridgehead atoms. The molecule has 0 aromatic carbocycles. The number of aryl methyl sites for hydroxylation is 2. The third-order valence-corrected chi connectivity index (χ3v) is 3.13. The first-order valence-corrected chi connectivity index (χ1v) is 5.77. The molecule has 1 aromatic heterocycles. The lowest BCUT2D eigenvalue weighted by Gasteiger charge is -2.23. The van der Waals surface area contributed by atoms with Crippen molar-refractivity contribution in [3.8, 4) is 0 Å². The van der Waals surface area contributed by atoms with E-state index < -0.39 is 0 Å². The Bertz CT molecular complexity index is 379. The molecule has 17 heavy (non-hydrogen) atoms. The quantitative estimate of drug-likeness (QED) is 0.857. The van der Waals surface area contributed by atoms with Crippen LogP contribution in [0.1, 0.15) is 30.9 Å². The molecule has 2 unspecified atom stereocenters. The van der Waals surface area contributed by atoms with Crippen LogP contribution in [0.25, 0.3) is 0 Å². The SMILES string of the molecule is Cc1noc(C)c1CN(C)C(=O)C(C)C(C)N. The van der Waals surface area contributed by atoms with Gasteiger partial charge in [-0.05, 0) is 20.8 Å². The van der Waals surface area contributed by atoms with Crippen LogP contribution in [0.5, 0.6) is 0 Å². The number of hydrogen-bond donors (Lipinski definition) is 1. The van der Waals surface area contributed by atoms with Crippen LogP contribution >= 0.6 is 0 Å². The predicted molar refractivity (Wildman–Crippen MR) is 65.3 cm³/mol. The highest BCUT2D eigenvalue weighted by Gasteiger charge is 2.22. The van der Waals surface area contributed by atoms with Gasteiger partial charge in [-0.3, -0.25) is 4.79 Å². The Labute approximate surface area is 102 Å². The minimum Gasteiger partial charge on any atom is -0.361 e. The molecule has 2 atom stereocenters. The lowest BCUT2D eigenvalue weighted by molar-refractivity contribution is -0.134. The number of nitrogens with zero attached hydrogens (tertiary/aromatic N) is 2. The largest absolute Gasteiger partial charge is 0.361 e. The van der Waals surface area contributed by atoms with E-state index >= 15 is 0 Å². The molecule has 1 rings (SSSR count). The Hall–Kier alpha value is -1.36. The van der Waals surface area contributed by atoms with E-state index in [4.69, 9.17) is 10.3 Å². The summed E-state index contributed by atoms with van der Waals surface area (Å²) in [7, 11) is 1.77. The Kier molecular flexibility index (Phi) is 4.28. The van der Waals surface area contributed by atoms with E-state index in [1.54, 1.807) is 11.9 Å². The van der Waals surface area contributed by atoms with Gasteiger partial charge in [0.05, 0.1) is 18.2 Å². The molecule has 0 aliphatic heterocycles. The van der Waals surface area contributed by atoms with Crippen molar-refractivity contribution >= 4 is 5.91 Å². The molecule has 1 heterocycles. The summed E-state index contributed by atoms with van der Waals surface area (Å²) in [5.41, 5.74) is 7.53. The van der Waals surface area contributed by atoms with E-state index in [1.165, 1.54) is 0 Å². The summed E-state index contributed by atoms with van der Waals surface area (Å²) in [6, 6.07) is -0.144. The van der Waals surface area contributed by atoms with Crippen LogP contribution in [0.2, 0.25) is 0 Å². The Balaban J connectivity index is 2.73. The molecule has 1 amide bonds. The van der Waals surface area contributed by atoms with Crippen molar-refractivity contribution in [1.82, 2.24) is 10.1 Å². The van der Waals surface area contributed by atoms with Crippen molar-refractivity contribution in [3.63, 3.8) is 0 Å². The van der Waals surface area contributed by atoms with E-state index in [0.717, 1.165) is 17.0 Å². The topological polar surface area (TPSA) is 72.4 Å². The standard InChI is InChI=1S/C12H21N3O2/c1-7(8(2)13)12(16)15(5)6-11-9(3)14-17-10(11)4/h7-8H,6,13H2,1-5H3. The van der Waals surface area contributed by atoms with Gasteiger partial charge < -0.3 is 15.2 Å². The van der Waals surface area contributed by atoms with Crippen molar-refractivity contribution in [2.24, 2.45) is 11.7 Å². The lowest BCUT2D eigenvalue weighted by atomic mass is 10.0. The summed E-state index contributed by atoms with van der Waals surface area (Å²) >= 11 is 0. The smallest absolute Gasteiger partial charge is 0.226 e. The fourth-order valence-electron chi connectivity index (χ4n) is 1.62. The van der Waals surface area contributed by atoms with Crippen molar-refractivity contribution in [2.45, 2.75) is 40.3 Å². The highest BCUT2D eigenvalue weighted by atomic mass is 16.5. The molecule has 96 valence electrons. The summed E-state index contributed by atoms with van der Waals surface area (Å²) in [5.74, 6) is 0.621. The molecular weight excluding hydrogens is 218 g/mol. The second kappa shape index (κ2) is 5.31. The zero-order valence-electron chi connectivity index (χ0n) is 11.2. The van der Waals surface area contributed by atoms with E-state index in [2.05, 4.69) is 5.16 Å². The van der Waals surface area contributed by atoms with Gasteiger partial charge in [0.1, 0.15) is 5.76 Å². The minimum atomic E-state index is -0.180. The second-order valence-corrected chi connectivity index (χ2v) is 4.64. The summed E-state index contributed by atoms with van der Waals surface area (Å²) in [5, 5.41) is 3.87. The third-order valence-electron chi connectivity index (χ3n) is 3.13. The van der Waals surface area contributed by atoms with Crippen molar-refractivity contribution in [1.29, 1.82) is 0 Å². The fraction of sp³-hybridized carbons (Fsp3) is 0.667. The average Bonchev–Trinajstić information content (AvgIpc) is 2.58. The number of nitrogens with two attached hydrogens (primary N) is 1. The molecule has 0 radical (unpaired) electrons. The number of carbonyl (C=O) groups is 1. The molecule has 0 fully saturated rings. The Morgan fingerprint density at radius 1 is 1.47 bits per heavy atom. The minimum absolute atomic E-state index is 0.0417. The zero-order valence-corrected chi connectivity index (χ0v) is 11.2. The first kappa shape index (κ1) is 13.7. The Morgan fingerprint density at radius 3 is 2.47 bits per heavy atom. The van der Waals surface area contributed by atoms with Crippen molar-refractivity contribution in [3.05, 3.63) is 17.0 Å². The normalized spacial score (nSPS) is 14.5. The molecule has 0 spiro atoms. The summed E-state index contributed by atoms with van der Waals surface area (Å²) in [6.45, 7) is 7.92. The lowest BCUT2D eigenvalue weighted by Crippen LogP contribution is -2.39. The van der Waals surface area contributed by atoms with Gasteiger partial charge in [0, 0.05) is 18.7 Å². The number of aromatic nitrogens is 1. The van der Waals surface area contributed by atoms with Gasteiger partial charge in [0.15, 0.2) is 0 Å². The third kappa shape index (κ3) is 3.06. The molecule has 0 saturated carbocycles. The fourth-order valence-corrected chi connectivity index (χ4v) is 1.62. The second-order valence-electron chi connectivity index (χ2n) is 4.64. The van der Waals surface area contributed by atoms with Crippen LogP contribution in [0.15, 0.2) is 4.52 Å². The Morgan fingerprint density at radius 2 is 2.06 bits per heavy atom. The molecule has 5 nitrogen and oxygen atoms in total. The molecule has 1 aromatic rings. The van der Waals surface area contributed by atoms with E-state index in [0.29, 0.717) is 6.54 Å². The van der Waals surface area contributed by atoms with Gasteiger partial charge in [-0.25, -0.2) is 0 Å². The predicted octanol–water partition coefficient (Wildman–Crippen LogP) is 1.23. The molecule has 2 N–H and O–H groups in total. The van der Waals surface area contributed by atoms with Gasteiger partial charge in [-0.2, -0.15) is 0 Å². The van der Waals surface area contributed by atoms with Crippen LogP contribution < -0.4 is 5.73 Å². The number of amides is 1. The first-order valence-electron chi connectivity index (χ1n) is 5.77. The monoisotopic (exact) mass is 239 g/mol. The number of carbonyl (C=O) groups excluding carboxylic acids is 1. The van der Waals surface area contributed by atoms with E-state index in [-0.39, 0.29) is 17.9 Å². The molecule has 0 aliphatic carbocycles. The van der Waals surface area contributed by atoms with Crippen LogP contribution in [0.4, 0.5) is 0 Å². The molecule has 0 aliphatic rings. The summed E-state index contributed by atoms with van der Waals surface area (Å²) < 4.78 is 5.07. The average molecular weight is 239 g/mol. The highest BCUT2D eigenvalue weighted by Crippen LogP contribution is 2.15. The summed E-state index contributed by atoms with van der Waals surface area (Å²) in [4.78, 5) is 13.7. The first-order chi connectivity index (χ1) is 7.84. The maximum Gasteiger partial charge on any atom is 0.226 e. The highest BCUT2D eigenvalue weighted by molar-refractivity contribution is 5.78. The van der Waals surface area contributed by atoms with Gasteiger partial charge in [0.2, 0.25) is 5.91 Å². The summed E-state index contributed by atoms with van der Waals surface area (Å²) in [6.07, 6.45) is 0. The molecule has 0 saturated heterocycles. The van der Waals surface area contributed by atoms with Crippen LogP contribution in [-0.2, 0) is 11.3 Å². The van der Waals surface area contributed by atoms with Gasteiger partial charge in [0.25, 0.3) is 0 Å². The van der Waals surface area contributed by atoms with E-state index in [9.17, 15) is 4.79 Å². The zero-order chi connectivity index (χ0) is 13.2. The molecular formula is C12H21N3O2. The van der Waals surface area contributed by atoms with Crippen molar-refractivity contribution in [2.75, 3.05) is 7.05 Å². The van der Waals surface area contributed by atoms with Gasteiger partial charge in [-0.15, -0.1) is 0 Å². The molecule has 5 heteroatoms. The van der Waals surface area contributed by atoms with Crippen molar-refractivity contribution < 1.29 is 9.32 Å². The van der Waals surface area contributed by atoms with E-state index in [1.807, 2.05) is 27.7 Å². The maximum atomic E-state index is 12.0.